The minimum atomic E-state index is 0.135. The van der Waals surface area contributed by atoms with E-state index in [0.717, 1.165) is 49.9 Å². The number of aromatic nitrogens is 2. The molecule has 0 bridgehead atoms. The number of piperazine rings is 1. The Labute approximate surface area is 120 Å². The van der Waals surface area contributed by atoms with Crippen molar-refractivity contribution in [3.05, 3.63) is 11.9 Å². The lowest BCUT2D eigenvalue weighted by atomic mass is 10.3. The Morgan fingerprint density at radius 2 is 2.10 bits per heavy atom. The first kappa shape index (κ1) is 14.6. The summed E-state index contributed by atoms with van der Waals surface area (Å²) in [6.07, 6.45) is 1.84. The summed E-state index contributed by atoms with van der Waals surface area (Å²) in [5.41, 5.74) is 0. The van der Waals surface area contributed by atoms with Crippen molar-refractivity contribution in [2.75, 3.05) is 43.4 Å². The number of rotatable bonds is 5. The van der Waals surface area contributed by atoms with Crippen LogP contribution in [0.15, 0.2) is 6.07 Å². The molecule has 1 saturated heterocycles. The molecule has 6 heteroatoms. The molecule has 110 valence electrons. The van der Waals surface area contributed by atoms with Crippen LogP contribution in [0.1, 0.15) is 26.1 Å². The molecule has 1 aliphatic rings. The Morgan fingerprint density at radius 3 is 2.75 bits per heavy atom. The molecule has 20 heavy (non-hydrogen) atoms. The predicted octanol–water partition coefficient (Wildman–Crippen LogP) is 1.14. The van der Waals surface area contributed by atoms with Crippen molar-refractivity contribution in [2.45, 2.75) is 26.7 Å². The minimum absolute atomic E-state index is 0.135. The first-order valence-corrected chi connectivity index (χ1v) is 7.24. The molecular weight excluding hydrogens is 254 g/mol. The zero-order valence-electron chi connectivity index (χ0n) is 12.5. The van der Waals surface area contributed by atoms with Crippen LogP contribution < -0.4 is 10.2 Å². The molecule has 1 fully saturated rings. The fraction of sp³-hybridized carbons (Fsp3) is 0.643. The standard InChI is InChI=1S/C14H23N5O/c1-4-6-15-12-9-13(17-11(5-2)16-12)19-8-7-18(3)14(20)10-19/h9H,4-8,10H2,1-3H3,(H,15,16,17). The molecule has 0 spiro atoms. The van der Waals surface area contributed by atoms with Gasteiger partial charge in [0.2, 0.25) is 5.91 Å². The van der Waals surface area contributed by atoms with Gasteiger partial charge in [-0.15, -0.1) is 0 Å². The molecule has 2 heterocycles. The SMILES string of the molecule is CCCNc1cc(N2CCN(C)C(=O)C2)nc(CC)n1. The lowest BCUT2D eigenvalue weighted by molar-refractivity contribution is -0.129. The first-order valence-electron chi connectivity index (χ1n) is 7.24. The Bertz CT molecular complexity index is 477. The molecule has 0 aliphatic carbocycles. The average Bonchev–Trinajstić information content (AvgIpc) is 2.47. The van der Waals surface area contributed by atoms with Crippen LogP contribution in [-0.2, 0) is 11.2 Å². The van der Waals surface area contributed by atoms with Gasteiger partial charge in [0.1, 0.15) is 17.5 Å². The van der Waals surface area contributed by atoms with Crippen molar-refractivity contribution in [1.29, 1.82) is 0 Å². The number of aryl methyl sites for hydroxylation is 1. The highest BCUT2D eigenvalue weighted by Gasteiger charge is 2.22. The number of carbonyl (C=O) groups is 1. The van der Waals surface area contributed by atoms with E-state index in [1.165, 1.54) is 0 Å². The summed E-state index contributed by atoms with van der Waals surface area (Å²) in [5.74, 6) is 2.64. The van der Waals surface area contributed by atoms with Crippen molar-refractivity contribution < 1.29 is 4.79 Å². The third kappa shape index (κ3) is 3.37. The van der Waals surface area contributed by atoms with Gasteiger partial charge in [-0.3, -0.25) is 4.79 Å². The molecule has 0 unspecified atom stereocenters. The van der Waals surface area contributed by atoms with E-state index >= 15 is 0 Å². The van der Waals surface area contributed by atoms with Gasteiger partial charge in [0.25, 0.3) is 0 Å². The van der Waals surface area contributed by atoms with Crippen LogP contribution in [0.3, 0.4) is 0 Å². The number of likely N-dealkylation sites (N-methyl/N-ethyl adjacent to an activating group) is 1. The van der Waals surface area contributed by atoms with E-state index in [4.69, 9.17) is 0 Å². The van der Waals surface area contributed by atoms with E-state index in [2.05, 4.69) is 22.2 Å². The second kappa shape index (κ2) is 6.54. The maximum Gasteiger partial charge on any atom is 0.241 e. The first-order chi connectivity index (χ1) is 9.63. The number of hydrogen-bond donors (Lipinski definition) is 1. The topological polar surface area (TPSA) is 61.4 Å². The van der Waals surface area contributed by atoms with E-state index in [1.807, 2.05) is 24.9 Å². The van der Waals surface area contributed by atoms with Crippen molar-refractivity contribution in [2.24, 2.45) is 0 Å². The summed E-state index contributed by atoms with van der Waals surface area (Å²) in [4.78, 5) is 24.6. The average molecular weight is 277 g/mol. The quantitative estimate of drug-likeness (QED) is 0.874. The van der Waals surface area contributed by atoms with Crippen molar-refractivity contribution in [1.82, 2.24) is 14.9 Å². The number of amides is 1. The maximum absolute atomic E-state index is 11.8. The largest absolute Gasteiger partial charge is 0.370 e. The van der Waals surface area contributed by atoms with Gasteiger partial charge in [0.15, 0.2) is 0 Å². The molecule has 0 saturated carbocycles. The third-order valence-electron chi connectivity index (χ3n) is 3.41. The Kier molecular flexibility index (Phi) is 4.76. The summed E-state index contributed by atoms with van der Waals surface area (Å²) in [6.45, 7) is 7.00. The molecular formula is C14H23N5O. The van der Waals surface area contributed by atoms with Gasteiger partial charge in [0, 0.05) is 39.2 Å². The van der Waals surface area contributed by atoms with Crippen LogP contribution in [0.2, 0.25) is 0 Å². The highest BCUT2D eigenvalue weighted by atomic mass is 16.2. The van der Waals surface area contributed by atoms with Gasteiger partial charge in [-0.2, -0.15) is 0 Å². The summed E-state index contributed by atoms with van der Waals surface area (Å²) >= 11 is 0. The van der Waals surface area contributed by atoms with E-state index in [9.17, 15) is 4.79 Å². The van der Waals surface area contributed by atoms with Gasteiger partial charge in [0.05, 0.1) is 6.54 Å². The number of anilines is 2. The van der Waals surface area contributed by atoms with E-state index in [1.54, 1.807) is 4.90 Å². The lowest BCUT2D eigenvalue weighted by Gasteiger charge is -2.33. The number of carbonyl (C=O) groups excluding carboxylic acids is 1. The Hall–Kier alpha value is -1.85. The normalized spacial score (nSPS) is 15.7. The van der Waals surface area contributed by atoms with Crippen LogP contribution in [0.5, 0.6) is 0 Å². The fourth-order valence-corrected chi connectivity index (χ4v) is 2.10. The summed E-state index contributed by atoms with van der Waals surface area (Å²) in [5, 5.41) is 3.30. The fourth-order valence-electron chi connectivity index (χ4n) is 2.10. The van der Waals surface area contributed by atoms with Gasteiger partial charge in [-0.05, 0) is 6.42 Å². The summed E-state index contributed by atoms with van der Waals surface area (Å²) in [7, 11) is 1.84. The molecule has 1 aromatic rings. The van der Waals surface area contributed by atoms with Gasteiger partial charge < -0.3 is 15.1 Å². The summed E-state index contributed by atoms with van der Waals surface area (Å²) < 4.78 is 0. The van der Waals surface area contributed by atoms with Gasteiger partial charge in [-0.25, -0.2) is 9.97 Å². The molecule has 6 nitrogen and oxygen atoms in total. The number of nitrogens with zero attached hydrogens (tertiary/aromatic N) is 4. The van der Waals surface area contributed by atoms with E-state index < -0.39 is 0 Å². The second-order valence-electron chi connectivity index (χ2n) is 5.04. The molecule has 1 aliphatic heterocycles. The van der Waals surface area contributed by atoms with Crippen molar-refractivity contribution >= 4 is 17.5 Å². The molecule has 0 atom stereocenters. The highest BCUT2D eigenvalue weighted by molar-refractivity contribution is 5.82. The maximum atomic E-state index is 11.8. The van der Waals surface area contributed by atoms with Crippen LogP contribution in [0, 0.1) is 0 Å². The third-order valence-corrected chi connectivity index (χ3v) is 3.41. The van der Waals surface area contributed by atoms with Crippen LogP contribution in [-0.4, -0.2) is 54.0 Å². The van der Waals surface area contributed by atoms with E-state index in [-0.39, 0.29) is 5.91 Å². The zero-order chi connectivity index (χ0) is 14.5. The molecule has 0 radical (unpaired) electrons. The van der Waals surface area contributed by atoms with Crippen LogP contribution in [0.4, 0.5) is 11.6 Å². The smallest absolute Gasteiger partial charge is 0.241 e. The minimum Gasteiger partial charge on any atom is -0.370 e. The van der Waals surface area contributed by atoms with Crippen LogP contribution in [0.25, 0.3) is 0 Å². The number of hydrogen-bond acceptors (Lipinski definition) is 5. The second-order valence-corrected chi connectivity index (χ2v) is 5.04. The van der Waals surface area contributed by atoms with Crippen LogP contribution >= 0.6 is 0 Å². The highest BCUT2D eigenvalue weighted by Crippen LogP contribution is 2.18. The monoisotopic (exact) mass is 277 g/mol. The molecule has 1 aromatic heterocycles. The molecule has 2 rings (SSSR count). The predicted molar refractivity (Wildman–Crippen MR) is 80.0 cm³/mol. The molecule has 0 aromatic carbocycles. The lowest BCUT2D eigenvalue weighted by Crippen LogP contribution is -2.48. The van der Waals surface area contributed by atoms with Crippen molar-refractivity contribution in [3.8, 4) is 0 Å². The molecule has 1 amide bonds. The van der Waals surface area contributed by atoms with Gasteiger partial charge >= 0.3 is 0 Å². The number of nitrogens with one attached hydrogen (secondary N) is 1. The van der Waals surface area contributed by atoms with Gasteiger partial charge in [-0.1, -0.05) is 13.8 Å². The van der Waals surface area contributed by atoms with E-state index in [0.29, 0.717) is 6.54 Å². The van der Waals surface area contributed by atoms with Crippen molar-refractivity contribution in [3.63, 3.8) is 0 Å². The molecule has 1 N–H and O–H groups in total. The zero-order valence-corrected chi connectivity index (χ0v) is 12.5. The Balaban J connectivity index is 2.19. The summed E-state index contributed by atoms with van der Waals surface area (Å²) in [6, 6.07) is 1.94. The Morgan fingerprint density at radius 1 is 1.30 bits per heavy atom.